The number of fused-ring (bicyclic) bond motifs is 1. The number of rotatable bonds is 8. The monoisotopic (exact) mass is 580 g/mol. The van der Waals surface area contributed by atoms with Crippen LogP contribution in [0.1, 0.15) is 24.7 Å². The summed E-state index contributed by atoms with van der Waals surface area (Å²) in [4.78, 5) is 39.9. The Bertz CT molecular complexity index is 1320. The molecule has 10 nitrogen and oxygen atoms in total. The van der Waals surface area contributed by atoms with Crippen molar-refractivity contribution in [2.45, 2.75) is 19.8 Å². The summed E-state index contributed by atoms with van der Waals surface area (Å²) >= 11 is 6.58. The van der Waals surface area contributed by atoms with Gasteiger partial charge in [-0.25, -0.2) is 9.78 Å². The van der Waals surface area contributed by atoms with Gasteiger partial charge in [-0.15, -0.1) is 0 Å². The van der Waals surface area contributed by atoms with E-state index in [1.54, 1.807) is 18.2 Å². The topological polar surface area (TPSA) is 126 Å². The third kappa shape index (κ3) is 5.63. The molecule has 3 aromatic rings. The Kier molecular flexibility index (Phi) is 7.92. The van der Waals surface area contributed by atoms with Crippen LogP contribution in [0.4, 0.5) is 5.69 Å². The molecular weight excluding hydrogens is 564 g/mol. The molecule has 0 aliphatic heterocycles. The number of methoxy groups -OCH3 is 1. The third-order valence-electron chi connectivity index (χ3n) is 4.48. The molecule has 12 heteroatoms. The lowest BCUT2D eigenvalue weighted by Gasteiger charge is -2.10. The minimum Gasteiger partial charge on any atom is -0.474 e. The van der Waals surface area contributed by atoms with E-state index in [1.807, 2.05) is 6.92 Å². The number of halogens is 2. The number of nitro groups is 1. The molecular formula is C21H18Br2N4O6. The quantitative estimate of drug-likeness (QED) is 0.169. The van der Waals surface area contributed by atoms with Crippen molar-refractivity contribution >= 4 is 60.6 Å². The smallest absolute Gasteiger partial charge is 0.343 e. The summed E-state index contributed by atoms with van der Waals surface area (Å²) in [5.74, 6) is -0.330. The normalized spacial score (nSPS) is 11.2. The number of nitro benzene ring substituents is 1. The van der Waals surface area contributed by atoms with E-state index >= 15 is 0 Å². The second-order valence-electron chi connectivity index (χ2n) is 6.77. The van der Waals surface area contributed by atoms with Crippen molar-refractivity contribution in [1.29, 1.82) is 0 Å². The molecule has 1 heterocycles. The highest BCUT2D eigenvalue weighted by atomic mass is 79.9. The summed E-state index contributed by atoms with van der Waals surface area (Å²) < 4.78 is 11.9. The highest BCUT2D eigenvalue weighted by molar-refractivity contribution is 9.10. The van der Waals surface area contributed by atoms with E-state index in [0.717, 1.165) is 10.9 Å². The van der Waals surface area contributed by atoms with Gasteiger partial charge in [0.2, 0.25) is 5.75 Å². The lowest BCUT2D eigenvalue weighted by atomic mass is 10.2. The van der Waals surface area contributed by atoms with Gasteiger partial charge in [0.15, 0.2) is 6.61 Å². The summed E-state index contributed by atoms with van der Waals surface area (Å²) in [5.41, 5.74) is 0.162. The number of hydrogen-bond donors (Lipinski definition) is 0. The van der Waals surface area contributed by atoms with Gasteiger partial charge in [-0.1, -0.05) is 22.9 Å². The Hall–Kier alpha value is -3.12. The minimum absolute atomic E-state index is 0.122. The fourth-order valence-electron chi connectivity index (χ4n) is 2.97. The molecule has 1 aromatic heterocycles. The van der Waals surface area contributed by atoms with Crippen molar-refractivity contribution in [3.05, 3.63) is 71.1 Å². The van der Waals surface area contributed by atoms with Crippen LogP contribution < -0.4 is 10.3 Å². The first-order valence-corrected chi connectivity index (χ1v) is 11.3. The van der Waals surface area contributed by atoms with Gasteiger partial charge in [0, 0.05) is 22.5 Å². The maximum absolute atomic E-state index is 13.1. The molecule has 3 rings (SSSR count). The number of aryl methyl sites for hydroxylation is 1. The first kappa shape index (κ1) is 24.5. The summed E-state index contributed by atoms with van der Waals surface area (Å²) in [6.45, 7) is 1.47. The van der Waals surface area contributed by atoms with Gasteiger partial charge >= 0.3 is 11.7 Å². The lowest BCUT2D eigenvalue weighted by molar-refractivity contribution is -0.385. The predicted molar refractivity (Wildman–Crippen MR) is 129 cm³/mol. The third-order valence-corrected chi connectivity index (χ3v) is 5.56. The van der Waals surface area contributed by atoms with Gasteiger partial charge in [0.25, 0.3) is 5.56 Å². The molecule has 0 saturated carbocycles. The van der Waals surface area contributed by atoms with Crippen LogP contribution in [0.2, 0.25) is 0 Å². The molecule has 2 aromatic carbocycles. The zero-order valence-corrected chi connectivity index (χ0v) is 20.8. The van der Waals surface area contributed by atoms with Crippen LogP contribution in [-0.4, -0.2) is 40.5 Å². The predicted octanol–water partition coefficient (Wildman–Crippen LogP) is 4.22. The zero-order chi connectivity index (χ0) is 24.1. The second kappa shape index (κ2) is 10.7. The first-order chi connectivity index (χ1) is 15.7. The number of nitrogens with zero attached hydrogens (tertiary/aromatic N) is 4. The van der Waals surface area contributed by atoms with Gasteiger partial charge in [-0.2, -0.15) is 9.78 Å². The molecule has 0 N–H and O–H groups in total. The average Bonchev–Trinajstić information content (AvgIpc) is 2.78. The summed E-state index contributed by atoms with van der Waals surface area (Å²) in [6.07, 6.45) is 2.59. The van der Waals surface area contributed by atoms with E-state index in [0.29, 0.717) is 28.7 Å². The standard InChI is InChI=1S/C21H18Br2N4O6/c1-3-4-18-25-16-6-5-13(22)9-14(16)21(29)26(18)24-10-12-7-15(23)20(17(8-12)27(30)31)33-11-19(28)32-2/h5-10H,3-4,11H2,1-2H3. The Balaban J connectivity index is 2.06. The van der Waals surface area contributed by atoms with Crippen molar-refractivity contribution in [3.8, 4) is 5.75 Å². The Labute approximate surface area is 204 Å². The average molecular weight is 582 g/mol. The summed E-state index contributed by atoms with van der Waals surface area (Å²) in [6, 6.07) is 7.98. The molecule has 0 unspecified atom stereocenters. The van der Waals surface area contributed by atoms with Gasteiger partial charge in [0.1, 0.15) is 5.82 Å². The van der Waals surface area contributed by atoms with Crippen LogP contribution in [0.5, 0.6) is 5.75 Å². The fourth-order valence-corrected chi connectivity index (χ4v) is 3.91. The van der Waals surface area contributed by atoms with E-state index in [-0.39, 0.29) is 21.5 Å². The Morgan fingerprint density at radius 1 is 1.30 bits per heavy atom. The van der Waals surface area contributed by atoms with E-state index in [9.17, 15) is 19.7 Å². The summed E-state index contributed by atoms with van der Waals surface area (Å²) in [7, 11) is 1.18. The van der Waals surface area contributed by atoms with Gasteiger partial charge in [-0.05, 0) is 46.6 Å². The first-order valence-electron chi connectivity index (χ1n) is 9.68. The number of hydrogen-bond acceptors (Lipinski definition) is 8. The Morgan fingerprint density at radius 3 is 2.73 bits per heavy atom. The maximum atomic E-state index is 13.1. The molecule has 0 spiro atoms. The largest absolute Gasteiger partial charge is 0.474 e. The molecule has 0 bridgehead atoms. The molecule has 172 valence electrons. The Morgan fingerprint density at radius 2 is 2.06 bits per heavy atom. The van der Waals surface area contributed by atoms with Crippen molar-refractivity contribution in [2.24, 2.45) is 5.10 Å². The number of carbonyl (C=O) groups is 1. The van der Waals surface area contributed by atoms with E-state index in [1.165, 1.54) is 30.1 Å². The number of carbonyl (C=O) groups excluding carboxylic acids is 1. The van der Waals surface area contributed by atoms with Crippen LogP contribution in [0.25, 0.3) is 10.9 Å². The molecule has 0 aliphatic rings. The van der Waals surface area contributed by atoms with Crippen molar-refractivity contribution in [3.63, 3.8) is 0 Å². The van der Waals surface area contributed by atoms with Crippen LogP contribution in [0, 0.1) is 10.1 Å². The highest BCUT2D eigenvalue weighted by Gasteiger charge is 2.21. The van der Waals surface area contributed by atoms with Gasteiger partial charge < -0.3 is 9.47 Å². The van der Waals surface area contributed by atoms with Crippen molar-refractivity contribution in [2.75, 3.05) is 13.7 Å². The van der Waals surface area contributed by atoms with Crippen LogP contribution in [-0.2, 0) is 16.0 Å². The van der Waals surface area contributed by atoms with Crippen LogP contribution in [0.3, 0.4) is 0 Å². The molecule has 0 aliphatic carbocycles. The van der Waals surface area contributed by atoms with E-state index in [2.05, 4.69) is 46.7 Å². The van der Waals surface area contributed by atoms with Crippen molar-refractivity contribution in [1.82, 2.24) is 9.66 Å². The fraction of sp³-hybridized carbons (Fsp3) is 0.238. The molecule has 0 fully saturated rings. The molecule has 0 saturated heterocycles. The van der Waals surface area contributed by atoms with Crippen LogP contribution in [0.15, 0.2) is 49.2 Å². The van der Waals surface area contributed by atoms with Crippen LogP contribution >= 0.6 is 31.9 Å². The molecule has 0 atom stereocenters. The summed E-state index contributed by atoms with van der Waals surface area (Å²) in [5, 5.41) is 16.2. The molecule has 33 heavy (non-hydrogen) atoms. The SMILES string of the molecule is CCCc1nc2ccc(Br)cc2c(=O)n1N=Cc1cc(Br)c(OCC(=O)OC)c([N+](=O)[O-])c1. The van der Waals surface area contributed by atoms with Gasteiger partial charge in [0.05, 0.1) is 33.6 Å². The molecule has 0 amide bonds. The molecule has 0 radical (unpaired) electrons. The van der Waals surface area contributed by atoms with E-state index < -0.39 is 17.5 Å². The highest BCUT2D eigenvalue weighted by Crippen LogP contribution is 2.36. The maximum Gasteiger partial charge on any atom is 0.343 e. The lowest BCUT2D eigenvalue weighted by Crippen LogP contribution is -2.22. The minimum atomic E-state index is -0.680. The second-order valence-corrected chi connectivity index (χ2v) is 8.54. The number of esters is 1. The number of benzene rings is 2. The van der Waals surface area contributed by atoms with Crippen molar-refractivity contribution < 1.29 is 19.2 Å². The number of aromatic nitrogens is 2. The number of ether oxygens (including phenoxy) is 2. The van der Waals surface area contributed by atoms with E-state index in [4.69, 9.17) is 4.74 Å². The van der Waals surface area contributed by atoms with Gasteiger partial charge in [-0.3, -0.25) is 14.9 Å². The zero-order valence-electron chi connectivity index (χ0n) is 17.6.